The van der Waals surface area contributed by atoms with E-state index in [2.05, 4.69) is 15.1 Å². The summed E-state index contributed by atoms with van der Waals surface area (Å²) in [5.41, 5.74) is 8.86. The van der Waals surface area contributed by atoms with E-state index in [-0.39, 0.29) is 23.6 Å². The summed E-state index contributed by atoms with van der Waals surface area (Å²) in [6.45, 7) is 1.23. The SMILES string of the molecule is Cn1cc(C(=O)N2CCCC(c3nc(N)ncc3-c3ccc(F)cc3)C2)cn1. The molecule has 2 aromatic heterocycles. The van der Waals surface area contributed by atoms with Crippen molar-refractivity contribution >= 4 is 11.9 Å². The van der Waals surface area contributed by atoms with Crippen LogP contribution < -0.4 is 5.73 Å². The second-order valence-electron chi connectivity index (χ2n) is 7.03. The predicted octanol–water partition coefficient (Wildman–Crippen LogP) is 2.62. The lowest BCUT2D eigenvalue weighted by atomic mass is 9.89. The van der Waals surface area contributed by atoms with Crippen LogP contribution in [-0.4, -0.2) is 43.6 Å². The Kier molecular flexibility index (Phi) is 4.77. The third-order valence-electron chi connectivity index (χ3n) is 5.04. The van der Waals surface area contributed by atoms with Gasteiger partial charge in [0, 0.05) is 44.0 Å². The van der Waals surface area contributed by atoms with Crippen LogP contribution in [0.5, 0.6) is 0 Å². The zero-order valence-electron chi connectivity index (χ0n) is 15.5. The molecule has 2 N–H and O–H groups in total. The van der Waals surface area contributed by atoms with E-state index in [1.807, 2.05) is 4.90 Å². The number of nitrogens with two attached hydrogens (primary N) is 1. The summed E-state index contributed by atoms with van der Waals surface area (Å²) in [6.07, 6.45) is 6.73. The first-order valence-corrected chi connectivity index (χ1v) is 9.17. The summed E-state index contributed by atoms with van der Waals surface area (Å²) in [6, 6.07) is 6.23. The van der Waals surface area contributed by atoms with Gasteiger partial charge in [0.1, 0.15) is 5.82 Å². The number of rotatable bonds is 3. The molecular weight excluding hydrogens is 359 g/mol. The third-order valence-corrected chi connectivity index (χ3v) is 5.04. The van der Waals surface area contributed by atoms with Crippen molar-refractivity contribution in [2.24, 2.45) is 7.05 Å². The van der Waals surface area contributed by atoms with Crippen LogP contribution in [0.3, 0.4) is 0 Å². The standard InChI is InChI=1S/C20H21FN6O/c1-26-11-15(9-24-26)19(28)27-8-2-3-14(12-27)18-17(10-23-20(22)25-18)13-4-6-16(21)7-5-13/h4-7,9-11,14H,2-3,8,12H2,1H3,(H2,22,23,25). The average molecular weight is 380 g/mol. The molecule has 1 aliphatic heterocycles. The molecule has 0 spiro atoms. The number of halogens is 1. The van der Waals surface area contributed by atoms with Gasteiger partial charge in [-0.2, -0.15) is 5.10 Å². The van der Waals surface area contributed by atoms with Crippen molar-refractivity contribution in [1.29, 1.82) is 0 Å². The first-order chi connectivity index (χ1) is 13.5. The molecule has 0 saturated carbocycles. The maximum atomic E-state index is 13.3. The van der Waals surface area contributed by atoms with Crippen LogP contribution in [-0.2, 0) is 7.05 Å². The molecule has 144 valence electrons. The topological polar surface area (TPSA) is 89.9 Å². The van der Waals surface area contributed by atoms with Gasteiger partial charge in [-0.25, -0.2) is 14.4 Å². The van der Waals surface area contributed by atoms with E-state index in [0.29, 0.717) is 18.7 Å². The molecule has 1 saturated heterocycles. The minimum absolute atomic E-state index is 0.0275. The number of carbonyl (C=O) groups excluding carboxylic acids is 1. The minimum Gasteiger partial charge on any atom is -0.368 e. The highest BCUT2D eigenvalue weighted by atomic mass is 19.1. The van der Waals surface area contributed by atoms with E-state index in [1.165, 1.54) is 12.1 Å². The molecule has 1 atom stereocenters. The highest BCUT2D eigenvalue weighted by molar-refractivity contribution is 5.93. The number of aromatic nitrogens is 4. The van der Waals surface area contributed by atoms with Gasteiger partial charge < -0.3 is 10.6 Å². The summed E-state index contributed by atoms with van der Waals surface area (Å²) in [5, 5.41) is 4.08. The van der Waals surface area contributed by atoms with E-state index in [1.54, 1.807) is 42.5 Å². The van der Waals surface area contributed by atoms with Crippen LogP contribution in [0.25, 0.3) is 11.1 Å². The number of amides is 1. The van der Waals surface area contributed by atoms with Gasteiger partial charge in [-0.3, -0.25) is 9.48 Å². The fraction of sp³-hybridized carbons (Fsp3) is 0.300. The number of nitrogens with zero attached hydrogens (tertiary/aromatic N) is 5. The number of piperidine rings is 1. The molecule has 28 heavy (non-hydrogen) atoms. The quantitative estimate of drug-likeness (QED) is 0.754. The van der Waals surface area contributed by atoms with Crippen molar-refractivity contribution in [2.45, 2.75) is 18.8 Å². The lowest BCUT2D eigenvalue weighted by Gasteiger charge is -2.33. The van der Waals surface area contributed by atoms with Gasteiger partial charge in [0.2, 0.25) is 5.95 Å². The number of aryl methyl sites for hydroxylation is 1. The fourth-order valence-corrected chi connectivity index (χ4v) is 3.67. The maximum Gasteiger partial charge on any atom is 0.257 e. The van der Waals surface area contributed by atoms with Crippen LogP contribution in [0.1, 0.15) is 34.8 Å². The van der Waals surface area contributed by atoms with Crippen molar-refractivity contribution < 1.29 is 9.18 Å². The Balaban J connectivity index is 1.64. The van der Waals surface area contributed by atoms with Crippen LogP contribution in [0, 0.1) is 5.82 Å². The Morgan fingerprint density at radius 1 is 1.25 bits per heavy atom. The fourth-order valence-electron chi connectivity index (χ4n) is 3.67. The van der Waals surface area contributed by atoms with E-state index in [4.69, 9.17) is 5.73 Å². The molecule has 1 aromatic carbocycles. The van der Waals surface area contributed by atoms with Gasteiger partial charge in [0.05, 0.1) is 17.5 Å². The monoisotopic (exact) mass is 380 g/mol. The summed E-state index contributed by atoms with van der Waals surface area (Å²) < 4.78 is 14.9. The van der Waals surface area contributed by atoms with Gasteiger partial charge in [-0.05, 0) is 30.5 Å². The Labute approximate surface area is 162 Å². The van der Waals surface area contributed by atoms with Gasteiger partial charge in [-0.15, -0.1) is 0 Å². The van der Waals surface area contributed by atoms with E-state index in [0.717, 1.165) is 29.7 Å². The second kappa shape index (κ2) is 7.38. The first kappa shape index (κ1) is 18.1. The third kappa shape index (κ3) is 3.58. The molecule has 0 aliphatic carbocycles. The number of anilines is 1. The van der Waals surface area contributed by atoms with Crippen LogP contribution in [0.2, 0.25) is 0 Å². The van der Waals surface area contributed by atoms with Crippen LogP contribution >= 0.6 is 0 Å². The molecule has 3 aromatic rings. The molecule has 0 radical (unpaired) electrons. The Bertz CT molecular complexity index is 1000. The largest absolute Gasteiger partial charge is 0.368 e. The van der Waals surface area contributed by atoms with Gasteiger partial charge in [-0.1, -0.05) is 12.1 Å². The lowest BCUT2D eigenvalue weighted by Crippen LogP contribution is -2.39. The molecule has 1 amide bonds. The normalized spacial score (nSPS) is 16.9. The number of hydrogen-bond donors (Lipinski definition) is 1. The molecule has 3 heterocycles. The van der Waals surface area contributed by atoms with Crippen molar-refractivity contribution in [3.05, 3.63) is 59.9 Å². The van der Waals surface area contributed by atoms with E-state index >= 15 is 0 Å². The maximum absolute atomic E-state index is 13.3. The first-order valence-electron chi connectivity index (χ1n) is 9.17. The van der Waals surface area contributed by atoms with Crippen molar-refractivity contribution in [1.82, 2.24) is 24.6 Å². The Morgan fingerprint density at radius 2 is 2.04 bits per heavy atom. The molecule has 4 rings (SSSR count). The van der Waals surface area contributed by atoms with Crippen LogP contribution in [0.4, 0.5) is 10.3 Å². The molecule has 7 nitrogen and oxygen atoms in total. The summed E-state index contributed by atoms with van der Waals surface area (Å²) in [5.74, 6) is -0.118. The van der Waals surface area contributed by atoms with Gasteiger partial charge >= 0.3 is 0 Å². The summed E-state index contributed by atoms with van der Waals surface area (Å²) in [4.78, 5) is 23.3. The molecule has 1 unspecified atom stereocenters. The number of likely N-dealkylation sites (tertiary alicyclic amines) is 1. The molecule has 8 heteroatoms. The zero-order valence-corrected chi connectivity index (χ0v) is 15.5. The van der Waals surface area contributed by atoms with Gasteiger partial charge in [0.15, 0.2) is 0 Å². The molecular formula is C20H21FN6O. The highest BCUT2D eigenvalue weighted by Gasteiger charge is 2.29. The predicted molar refractivity (Wildman–Crippen MR) is 103 cm³/mol. The number of benzene rings is 1. The number of nitrogen functional groups attached to an aromatic ring is 1. The smallest absolute Gasteiger partial charge is 0.257 e. The van der Waals surface area contributed by atoms with Crippen molar-refractivity contribution in [3.8, 4) is 11.1 Å². The molecule has 0 bridgehead atoms. The Hall–Kier alpha value is -3.29. The van der Waals surface area contributed by atoms with E-state index in [9.17, 15) is 9.18 Å². The van der Waals surface area contributed by atoms with Crippen LogP contribution in [0.15, 0.2) is 42.9 Å². The molecule has 1 aliphatic rings. The van der Waals surface area contributed by atoms with E-state index < -0.39 is 0 Å². The minimum atomic E-state index is -0.299. The molecule has 1 fully saturated rings. The summed E-state index contributed by atoms with van der Waals surface area (Å²) >= 11 is 0. The average Bonchev–Trinajstić information content (AvgIpc) is 3.14. The zero-order chi connectivity index (χ0) is 19.7. The number of hydrogen-bond acceptors (Lipinski definition) is 5. The Morgan fingerprint density at radius 3 is 2.75 bits per heavy atom. The number of carbonyl (C=O) groups is 1. The van der Waals surface area contributed by atoms with Crippen molar-refractivity contribution in [3.63, 3.8) is 0 Å². The van der Waals surface area contributed by atoms with Crippen molar-refractivity contribution in [2.75, 3.05) is 18.8 Å². The summed E-state index contributed by atoms with van der Waals surface area (Å²) in [7, 11) is 1.79. The van der Waals surface area contributed by atoms with Gasteiger partial charge in [0.25, 0.3) is 5.91 Å². The lowest BCUT2D eigenvalue weighted by molar-refractivity contribution is 0.0706. The second-order valence-corrected chi connectivity index (χ2v) is 7.03. The highest BCUT2D eigenvalue weighted by Crippen LogP contribution is 2.33.